The van der Waals surface area contributed by atoms with Crippen molar-refractivity contribution in [3.05, 3.63) is 34.4 Å². The number of nitrogens with one attached hydrogen (secondary N) is 1. The Hall–Kier alpha value is -1.33. The lowest BCUT2D eigenvalue weighted by Gasteiger charge is -2.21. The maximum absolute atomic E-state index is 6.24. The number of hydrogen-bond donors (Lipinski definition) is 1. The summed E-state index contributed by atoms with van der Waals surface area (Å²) in [7, 11) is 1.86. The van der Waals surface area contributed by atoms with Gasteiger partial charge in [0, 0.05) is 31.4 Å². The summed E-state index contributed by atoms with van der Waals surface area (Å²) >= 11 is 6.24. The molecule has 110 valence electrons. The van der Waals surface area contributed by atoms with Crippen molar-refractivity contribution in [3.8, 4) is 0 Å². The molecule has 0 aliphatic rings. The molecule has 0 saturated heterocycles. The summed E-state index contributed by atoms with van der Waals surface area (Å²) < 4.78 is 3.70. The maximum Gasteiger partial charge on any atom is 0.131 e. The van der Waals surface area contributed by atoms with Gasteiger partial charge in [0.15, 0.2) is 0 Å². The molecule has 6 heteroatoms. The Balaban J connectivity index is 2.00. The first kappa shape index (κ1) is 15.1. The van der Waals surface area contributed by atoms with Crippen molar-refractivity contribution in [2.45, 2.75) is 46.3 Å². The van der Waals surface area contributed by atoms with Crippen LogP contribution in [-0.2, 0) is 13.6 Å². The van der Waals surface area contributed by atoms with E-state index in [0.717, 1.165) is 11.3 Å². The van der Waals surface area contributed by atoms with Gasteiger partial charge in [-0.05, 0) is 33.3 Å². The van der Waals surface area contributed by atoms with Gasteiger partial charge in [-0.3, -0.25) is 9.36 Å². The molecule has 2 heterocycles. The number of rotatable bonds is 5. The van der Waals surface area contributed by atoms with Gasteiger partial charge >= 0.3 is 0 Å². The Bertz CT molecular complexity index is 586. The zero-order valence-corrected chi connectivity index (χ0v) is 13.4. The molecule has 20 heavy (non-hydrogen) atoms. The quantitative estimate of drug-likeness (QED) is 0.922. The first-order valence-corrected chi connectivity index (χ1v) is 7.20. The Labute approximate surface area is 124 Å². The second-order valence-electron chi connectivity index (χ2n) is 5.39. The standard InChI is InChI=1S/C14H22ClN5/c1-9-6-17-20(8-9)12(4)10(2)16-7-13-11(3)18-19(5)14(13)15/h6,8,10,12,16H,7H2,1-5H3. The van der Waals surface area contributed by atoms with E-state index < -0.39 is 0 Å². The molecule has 0 aliphatic heterocycles. The zero-order valence-electron chi connectivity index (χ0n) is 12.7. The summed E-state index contributed by atoms with van der Waals surface area (Å²) in [5, 5.41) is 12.9. The fourth-order valence-electron chi connectivity index (χ4n) is 2.19. The van der Waals surface area contributed by atoms with Crippen LogP contribution in [0.2, 0.25) is 5.15 Å². The van der Waals surface area contributed by atoms with E-state index in [-0.39, 0.29) is 12.1 Å². The lowest BCUT2D eigenvalue weighted by molar-refractivity contribution is 0.364. The molecule has 0 saturated carbocycles. The molecule has 0 aromatic carbocycles. The van der Waals surface area contributed by atoms with Crippen molar-refractivity contribution in [3.63, 3.8) is 0 Å². The van der Waals surface area contributed by atoms with E-state index >= 15 is 0 Å². The van der Waals surface area contributed by atoms with Crippen LogP contribution in [0.1, 0.15) is 36.7 Å². The van der Waals surface area contributed by atoms with Gasteiger partial charge < -0.3 is 5.32 Å². The third kappa shape index (κ3) is 3.04. The van der Waals surface area contributed by atoms with E-state index in [0.29, 0.717) is 11.7 Å². The van der Waals surface area contributed by atoms with Crippen LogP contribution >= 0.6 is 11.6 Å². The van der Waals surface area contributed by atoms with Crippen LogP contribution in [-0.4, -0.2) is 25.6 Å². The summed E-state index contributed by atoms with van der Waals surface area (Å²) in [6, 6.07) is 0.560. The average Bonchev–Trinajstić information content (AvgIpc) is 2.92. The lowest BCUT2D eigenvalue weighted by Crippen LogP contribution is -2.33. The van der Waals surface area contributed by atoms with E-state index in [4.69, 9.17) is 11.6 Å². The Morgan fingerprint density at radius 3 is 2.55 bits per heavy atom. The SMILES string of the molecule is Cc1cnn(C(C)C(C)NCc2c(C)nn(C)c2Cl)c1. The molecular formula is C14H22ClN5. The molecule has 2 rings (SSSR count). The van der Waals surface area contributed by atoms with Gasteiger partial charge in [-0.25, -0.2) is 0 Å². The Kier molecular flexibility index (Phi) is 4.50. The monoisotopic (exact) mass is 295 g/mol. The zero-order chi connectivity index (χ0) is 14.9. The van der Waals surface area contributed by atoms with Crippen molar-refractivity contribution in [1.29, 1.82) is 0 Å². The van der Waals surface area contributed by atoms with Gasteiger partial charge in [-0.15, -0.1) is 0 Å². The third-order valence-corrected chi connectivity index (χ3v) is 4.21. The molecule has 0 aliphatic carbocycles. The second kappa shape index (κ2) is 5.97. The minimum atomic E-state index is 0.277. The molecule has 0 fully saturated rings. The van der Waals surface area contributed by atoms with Crippen molar-refractivity contribution in [1.82, 2.24) is 24.9 Å². The smallest absolute Gasteiger partial charge is 0.131 e. The van der Waals surface area contributed by atoms with Gasteiger partial charge in [0.05, 0.1) is 17.9 Å². The topological polar surface area (TPSA) is 47.7 Å². The molecular weight excluding hydrogens is 274 g/mol. The molecule has 0 radical (unpaired) electrons. The highest BCUT2D eigenvalue weighted by Gasteiger charge is 2.17. The van der Waals surface area contributed by atoms with E-state index in [1.165, 1.54) is 5.56 Å². The normalized spacial score (nSPS) is 14.5. The summed E-state index contributed by atoms with van der Waals surface area (Å²) in [6.07, 6.45) is 3.94. The molecule has 2 unspecified atom stereocenters. The fraction of sp³-hybridized carbons (Fsp3) is 0.571. The predicted octanol–water partition coefficient (Wildman–Crippen LogP) is 2.63. The van der Waals surface area contributed by atoms with Crippen LogP contribution in [0.25, 0.3) is 0 Å². The largest absolute Gasteiger partial charge is 0.308 e. The average molecular weight is 296 g/mol. The Morgan fingerprint density at radius 2 is 2.05 bits per heavy atom. The third-order valence-electron chi connectivity index (χ3n) is 3.74. The van der Waals surface area contributed by atoms with Crippen LogP contribution in [0.5, 0.6) is 0 Å². The van der Waals surface area contributed by atoms with Crippen molar-refractivity contribution in [2.24, 2.45) is 7.05 Å². The molecule has 0 amide bonds. The molecule has 2 aromatic heterocycles. The van der Waals surface area contributed by atoms with Gasteiger partial charge in [0.2, 0.25) is 0 Å². The van der Waals surface area contributed by atoms with Crippen LogP contribution in [0.4, 0.5) is 0 Å². The van der Waals surface area contributed by atoms with Crippen molar-refractivity contribution < 1.29 is 0 Å². The Morgan fingerprint density at radius 1 is 1.35 bits per heavy atom. The van der Waals surface area contributed by atoms with Crippen LogP contribution in [0.15, 0.2) is 12.4 Å². The van der Waals surface area contributed by atoms with Gasteiger partial charge in [0.25, 0.3) is 0 Å². The summed E-state index contributed by atoms with van der Waals surface area (Å²) in [6.45, 7) is 9.05. The van der Waals surface area contributed by atoms with Crippen molar-refractivity contribution in [2.75, 3.05) is 0 Å². The fourth-order valence-corrected chi connectivity index (χ4v) is 2.43. The number of halogens is 1. The molecule has 2 atom stereocenters. The minimum absolute atomic E-state index is 0.277. The van der Waals surface area contributed by atoms with Crippen molar-refractivity contribution >= 4 is 11.6 Å². The van der Waals surface area contributed by atoms with Crippen LogP contribution in [0, 0.1) is 13.8 Å². The highest BCUT2D eigenvalue weighted by molar-refractivity contribution is 6.30. The number of aryl methyl sites for hydroxylation is 3. The van der Waals surface area contributed by atoms with E-state index in [2.05, 4.69) is 35.6 Å². The predicted molar refractivity (Wildman–Crippen MR) is 80.9 cm³/mol. The van der Waals surface area contributed by atoms with E-state index in [9.17, 15) is 0 Å². The molecule has 5 nitrogen and oxygen atoms in total. The van der Waals surface area contributed by atoms with Gasteiger partial charge in [-0.1, -0.05) is 11.6 Å². The first-order chi connectivity index (χ1) is 9.40. The van der Waals surface area contributed by atoms with Gasteiger partial charge in [0.1, 0.15) is 5.15 Å². The molecule has 0 spiro atoms. The highest BCUT2D eigenvalue weighted by atomic mass is 35.5. The minimum Gasteiger partial charge on any atom is -0.308 e. The number of nitrogens with zero attached hydrogens (tertiary/aromatic N) is 4. The van der Waals surface area contributed by atoms with Gasteiger partial charge in [-0.2, -0.15) is 10.2 Å². The van der Waals surface area contributed by atoms with Crippen LogP contribution < -0.4 is 5.32 Å². The summed E-state index contributed by atoms with van der Waals surface area (Å²) in [5.74, 6) is 0. The van der Waals surface area contributed by atoms with Crippen LogP contribution in [0.3, 0.4) is 0 Å². The molecule has 1 N–H and O–H groups in total. The lowest BCUT2D eigenvalue weighted by atomic mass is 10.1. The summed E-state index contributed by atoms with van der Waals surface area (Å²) in [4.78, 5) is 0. The molecule has 0 bridgehead atoms. The first-order valence-electron chi connectivity index (χ1n) is 6.82. The second-order valence-corrected chi connectivity index (χ2v) is 5.74. The maximum atomic E-state index is 6.24. The van der Waals surface area contributed by atoms with E-state index in [1.807, 2.05) is 31.8 Å². The summed E-state index contributed by atoms with van der Waals surface area (Å²) in [5.41, 5.74) is 3.21. The highest BCUT2D eigenvalue weighted by Crippen LogP contribution is 2.19. The number of aromatic nitrogens is 4. The van der Waals surface area contributed by atoms with E-state index in [1.54, 1.807) is 4.68 Å². The molecule has 2 aromatic rings. The number of hydrogen-bond acceptors (Lipinski definition) is 3.